The summed E-state index contributed by atoms with van der Waals surface area (Å²) in [6.45, 7) is 2.90. The van der Waals surface area contributed by atoms with E-state index in [0.29, 0.717) is 43.7 Å². The van der Waals surface area contributed by atoms with Crippen molar-refractivity contribution < 1.29 is 147 Å². The predicted molar refractivity (Wildman–Crippen MR) is 156 cm³/mol. The van der Waals surface area contributed by atoms with Gasteiger partial charge in [0.15, 0.2) is 5.78 Å². The monoisotopic (exact) mass is 726 g/mol. The maximum atomic E-state index is 12.9. The van der Waals surface area contributed by atoms with E-state index in [2.05, 4.69) is 21.3 Å². The molecule has 2 N–H and O–H groups in total. The Kier molecular flexibility index (Phi) is 25.3. The summed E-state index contributed by atoms with van der Waals surface area (Å²) in [5, 5.41) is 13.7. The number of ketones is 2. The van der Waals surface area contributed by atoms with Crippen molar-refractivity contribution in [3.05, 3.63) is 51.7 Å². The molecule has 222 valence electrons. The second-order valence-corrected chi connectivity index (χ2v) is 9.83. The van der Waals surface area contributed by atoms with Crippen molar-refractivity contribution in [1.82, 2.24) is 10.6 Å². The summed E-state index contributed by atoms with van der Waals surface area (Å²) >= 11 is 0. The Morgan fingerprint density at radius 3 is 2.29 bits per heavy atom. The number of nitrogens with one attached hydrogen (secondary N) is 2. The number of benzene rings is 1. The van der Waals surface area contributed by atoms with Crippen molar-refractivity contribution in [3.63, 3.8) is 0 Å². The first kappa shape index (κ1) is 42.1. The van der Waals surface area contributed by atoms with E-state index in [1.54, 1.807) is 31.2 Å². The quantitative estimate of drug-likeness (QED) is 0.106. The topological polar surface area (TPSA) is 147 Å². The Hall–Kier alpha value is 0.0804. The van der Waals surface area contributed by atoms with Crippen LogP contribution in [0.1, 0.15) is 89.3 Å². The van der Waals surface area contributed by atoms with Gasteiger partial charge in [0.25, 0.3) is 0 Å². The molecule has 0 fully saturated rings. The maximum Gasteiger partial charge on any atom is 1.00 e. The number of rotatable bonds is 19. The molecule has 1 aromatic rings. The zero-order valence-electron chi connectivity index (χ0n) is 25.8. The molecular weight excluding hydrogens is 683 g/mol. The van der Waals surface area contributed by atoms with Gasteiger partial charge >= 0.3 is 116 Å². The minimum Gasteiger partial charge on any atom is -0.651 e. The van der Waals surface area contributed by atoms with Crippen LogP contribution in [0.3, 0.4) is 0 Å². The maximum absolute atomic E-state index is 12.9. The van der Waals surface area contributed by atoms with Gasteiger partial charge in [-0.25, -0.2) is 0 Å². The number of hydrogen-bond acceptors (Lipinski definition) is 7. The largest absolute Gasteiger partial charge is 1.00 e. The molecular formula is C30H44N4O6Rb2. The van der Waals surface area contributed by atoms with Crippen LogP contribution in [0.4, 0.5) is 5.69 Å². The number of ether oxygens (including phenoxy) is 1. The molecule has 12 heteroatoms. The van der Waals surface area contributed by atoms with E-state index in [0.717, 1.165) is 56.2 Å². The number of carbonyl (C=O) groups excluding carboxylic acids is 5. The summed E-state index contributed by atoms with van der Waals surface area (Å²) in [5.74, 6) is -1.05. The first-order valence-corrected chi connectivity index (χ1v) is 14.1. The summed E-state index contributed by atoms with van der Waals surface area (Å²) < 4.78 is 5.40. The average molecular weight is 728 g/mol. The van der Waals surface area contributed by atoms with Gasteiger partial charge in [-0.2, -0.15) is 0 Å². The van der Waals surface area contributed by atoms with Crippen LogP contribution in [0.2, 0.25) is 0 Å². The van der Waals surface area contributed by atoms with Crippen molar-refractivity contribution in [2.24, 2.45) is 0 Å². The van der Waals surface area contributed by atoms with Crippen molar-refractivity contribution >= 4 is 35.0 Å². The second kappa shape index (κ2) is 25.3. The van der Waals surface area contributed by atoms with E-state index >= 15 is 0 Å². The normalized spacial score (nSPS) is 12.3. The zero-order valence-corrected chi connectivity index (χ0v) is 35.6. The van der Waals surface area contributed by atoms with E-state index in [-0.39, 0.29) is 148 Å². The molecule has 3 amide bonds. The third-order valence-corrected chi connectivity index (χ3v) is 6.47. The van der Waals surface area contributed by atoms with Crippen LogP contribution in [-0.4, -0.2) is 62.6 Å². The molecule has 0 heterocycles. The molecule has 10 nitrogen and oxygen atoms in total. The molecule has 1 aromatic carbocycles. The van der Waals surface area contributed by atoms with E-state index < -0.39 is 18.2 Å². The van der Waals surface area contributed by atoms with Gasteiger partial charge in [0.1, 0.15) is 5.78 Å². The fraction of sp³-hybridized carbons (Fsp3) is 0.567. The van der Waals surface area contributed by atoms with Gasteiger partial charge in [-0.05, 0) is 51.9 Å². The number of carbonyl (C=O) groups is 5. The molecule has 0 saturated carbocycles. The van der Waals surface area contributed by atoms with Crippen molar-refractivity contribution in [1.29, 1.82) is 0 Å². The first-order chi connectivity index (χ1) is 19.3. The minimum absolute atomic E-state index is 0. The third kappa shape index (κ3) is 18.1. The van der Waals surface area contributed by atoms with E-state index in [9.17, 15) is 24.0 Å². The molecule has 0 spiro atoms. The molecule has 2 rings (SSSR count). The minimum atomic E-state index is -0.605. The molecule has 1 aliphatic carbocycles. The SMILES string of the molecule is CNC1=C(C(=O)c2ccc([N-]C(=O)CC(=O)[N-]CCOCCCC(=O)NCCCCCC(C)=O)cc2)CCCC1.[HH].[Rb+].[Rb+]. The molecule has 0 unspecified atom stereocenters. The van der Waals surface area contributed by atoms with Crippen molar-refractivity contribution in [2.75, 3.05) is 33.4 Å². The molecule has 0 atom stereocenters. The van der Waals surface area contributed by atoms with Gasteiger partial charge in [-0.15, -0.1) is 12.2 Å². The Morgan fingerprint density at radius 1 is 0.881 bits per heavy atom. The number of unbranched alkanes of at least 4 members (excludes halogenated alkanes) is 2. The summed E-state index contributed by atoms with van der Waals surface area (Å²) in [7, 11) is 1.83. The molecule has 0 saturated heterocycles. The van der Waals surface area contributed by atoms with Crippen LogP contribution in [0.15, 0.2) is 35.5 Å². The fourth-order valence-corrected chi connectivity index (χ4v) is 4.33. The van der Waals surface area contributed by atoms with Gasteiger partial charge in [0.05, 0.1) is 11.8 Å². The van der Waals surface area contributed by atoms with Crippen molar-refractivity contribution in [2.45, 2.75) is 77.6 Å². The molecule has 42 heavy (non-hydrogen) atoms. The van der Waals surface area contributed by atoms with Gasteiger partial charge in [-0.3, -0.25) is 9.59 Å². The van der Waals surface area contributed by atoms with Crippen LogP contribution in [-0.2, 0) is 23.9 Å². The zero-order chi connectivity index (χ0) is 29.2. The Morgan fingerprint density at radius 2 is 1.60 bits per heavy atom. The molecule has 0 aliphatic heterocycles. The molecule has 0 aromatic heterocycles. The first-order valence-electron chi connectivity index (χ1n) is 14.1. The predicted octanol–water partition coefficient (Wildman–Crippen LogP) is -0.945. The van der Waals surface area contributed by atoms with Gasteiger partial charge in [0, 0.05) is 64.3 Å². The van der Waals surface area contributed by atoms with Crippen molar-refractivity contribution in [3.8, 4) is 0 Å². The Labute approximate surface area is 349 Å². The summed E-state index contributed by atoms with van der Waals surface area (Å²) in [4.78, 5) is 59.6. The smallest absolute Gasteiger partial charge is 0.651 e. The average Bonchev–Trinajstić information content (AvgIpc) is 2.94. The van der Waals surface area contributed by atoms with Gasteiger partial charge < -0.3 is 40.4 Å². The van der Waals surface area contributed by atoms with Gasteiger partial charge in [0.2, 0.25) is 5.91 Å². The number of amides is 3. The number of hydrogen-bond donors (Lipinski definition) is 2. The van der Waals surface area contributed by atoms with Gasteiger partial charge in [-0.1, -0.05) is 30.7 Å². The van der Waals surface area contributed by atoms with Crippen LogP contribution in [0.5, 0.6) is 0 Å². The van der Waals surface area contributed by atoms with E-state index in [4.69, 9.17) is 4.74 Å². The Bertz CT molecular complexity index is 1050. The van der Waals surface area contributed by atoms with E-state index in [1.807, 2.05) is 7.05 Å². The summed E-state index contributed by atoms with van der Waals surface area (Å²) in [6.07, 6.45) is 7.35. The molecule has 0 radical (unpaired) electrons. The van der Waals surface area contributed by atoms with Crippen LogP contribution in [0.25, 0.3) is 10.6 Å². The Balaban J connectivity index is 0. The third-order valence-electron chi connectivity index (χ3n) is 6.47. The number of Topliss-reactive ketones (excluding diaryl/α,β-unsaturated/α-hetero) is 2. The fourth-order valence-electron chi connectivity index (χ4n) is 4.33. The number of allylic oxidation sites excluding steroid dienone is 2. The number of nitrogens with zero attached hydrogens (tertiary/aromatic N) is 2. The van der Waals surface area contributed by atoms with Crippen LogP contribution in [0, 0.1) is 0 Å². The molecule has 1 aliphatic rings. The molecule has 0 bridgehead atoms. The summed E-state index contributed by atoms with van der Waals surface area (Å²) in [6, 6.07) is 6.49. The second-order valence-electron chi connectivity index (χ2n) is 9.83. The van der Waals surface area contributed by atoms with Crippen LogP contribution < -0.4 is 127 Å². The van der Waals surface area contributed by atoms with E-state index in [1.165, 1.54) is 0 Å². The standard InChI is InChI=1S/C30H44N4O6.2Rb.H2/c1-22(35)9-4-3-7-17-32-27(36)12-8-19-40-20-18-33-28(37)21-29(38)34-24-15-13-23(14-16-24)30(39)25-10-5-6-11-26(25)31-2;;;/h13-16H,3-12,17-21H2,1-2H3,(H4,31,32,33,34,36,37,38,39);;;1H/q;2*+1;/p-2. The van der Waals surface area contributed by atoms with Crippen LogP contribution >= 0.6 is 0 Å². The summed E-state index contributed by atoms with van der Waals surface area (Å²) in [5.41, 5.74) is 2.71.